The minimum absolute atomic E-state index is 0.379. The second-order valence-corrected chi connectivity index (χ2v) is 5.87. The summed E-state index contributed by atoms with van der Waals surface area (Å²) in [5.74, 6) is 0.919. The van der Waals surface area contributed by atoms with Crippen molar-refractivity contribution in [3.63, 3.8) is 0 Å². The highest BCUT2D eigenvalue weighted by Gasteiger charge is 2.17. The average molecular weight is 292 g/mol. The Bertz CT molecular complexity index is 375. The molecule has 0 aliphatic carbocycles. The molecule has 0 radical (unpaired) electrons. The van der Waals surface area contributed by atoms with Gasteiger partial charge in [-0.15, -0.1) is 0 Å². The molecule has 0 aliphatic heterocycles. The van der Waals surface area contributed by atoms with Crippen molar-refractivity contribution in [3.8, 4) is 5.75 Å². The predicted molar refractivity (Wildman–Crippen MR) is 91.0 cm³/mol. The van der Waals surface area contributed by atoms with E-state index in [-0.39, 0.29) is 0 Å². The van der Waals surface area contributed by atoms with Gasteiger partial charge < -0.3 is 10.1 Å². The van der Waals surface area contributed by atoms with E-state index in [1.165, 1.54) is 12.0 Å². The zero-order chi connectivity index (χ0) is 15.7. The summed E-state index contributed by atoms with van der Waals surface area (Å²) in [5, 5.41) is 3.68. The first-order valence-electron chi connectivity index (χ1n) is 8.23. The lowest BCUT2D eigenvalue weighted by atomic mass is 10.0. The third-order valence-corrected chi connectivity index (χ3v) is 3.82. The van der Waals surface area contributed by atoms with Crippen molar-refractivity contribution in [2.75, 3.05) is 26.7 Å². The molecule has 0 saturated carbocycles. The van der Waals surface area contributed by atoms with Gasteiger partial charge in [0.2, 0.25) is 0 Å². The van der Waals surface area contributed by atoms with Crippen LogP contribution in [-0.4, -0.2) is 37.7 Å². The molecular formula is C18H32N2O. The fourth-order valence-corrected chi connectivity index (χ4v) is 2.52. The standard InChI is InChI=1S/C18H32N2O/c1-6-12-19-18(14-20(13-7-2)15(3)4)16-8-10-17(21-5)11-9-16/h8-11,15,18-19H,6-7,12-14H2,1-5H3. The summed E-state index contributed by atoms with van der Waals surface area (Å²) in [4.78, 5) is 2.55. The van der Waals surface area contributed by atoms with E-state index >= 15 is 0 Å². The smallest absolute Gasteiger partial charge is 0.118 e. The molecule has 0 fully saturated rings. The van der Waals surface area contributed by atoms with E-state index in [2.05, 4.69) is 62.2 Å². The predicted octanol–water partition coefficient (Wildman–Crippen LogP) is 3.86. The normalized spacial score (nSPS) is 12.9. The molecule has 0 amide bonds. The van der Waals surface area contributed by atoms with Gasteiger partial charge in [0.25, 0.3) is 0 Å². The quantitative estimate of drug-likeness (QED) is 0.709. The molecule has 3 nitrogen and oxygen atoms in total. The van der Waals surface area contributed by atoms with Crippen LogP contribution in [0.1, 0.15) is 52.1 Å². The summed E-state index contributed by atoms with van der Waals surface area (Å²) < 4.78 is 5.26. The third kappa shape index (κ3) is 6.06. The molecule has 1 N–H and O–H groups in total. The largest absolute Gasteiger partial charge is 0.497 e. The maximum Gasteiger partial charge on any atom is 0.118 e. The van der Waals surface area contributed by atoms with Crippen LogP contribution >= 0.6 is 0 Å². The van der Waals surface area contributed by atoms with Gasteiger partial charge in [-0.3, -0.25) is 4.90 Å². The van der Waals surface area contributed by atoms with Crippen LogP contribution in [0.5, 0.6) is 5.75 Å². The monoisotopic (exact) mass is 292 g/mol. The van der Waals surface area contributed by atoms with Crippen LogP contribution in [0.2, 0.25) is 0 Å². The molecule has 0 heterocycles. The third-order valence-electron chi connectivity index (χ3n) is 3.82. The Labute approximate surface area is 130 Å². The number of rotatable bonds is 10. The summed E-state index contributed by atoms with van der Waals surface area (Å²) in [6.45, 7) is 12.3. The van der Waals surface area contributed by atoms with E-state index in [9.17, 15) is 0 Å². The molecule has 0 aromatic heterocycles. The van der Waals surface area contributed by atoms with E-state index in [4.69, 9.17) is 4.74 Å². The highest BCUT2D eigenvalue weighted by molar-refractivity contribution is 5.29. The number of nitrogens with one attached hydrogen (secondary N) is 1. The minimum Gasteiger partial charge on any atom is -0.497 e. The minimum atomic E-state index is 0.379. The lowest BCUT2D eigenvalue weighted by molar-refractivity contribution is 0.197. The molecular weight excluding hydrogens is 260 g/mol. The number of nitrogens with zero attached hydrogens (tertiary/aromatic N) is 1. The summed E-state index contributed by atoms with van der Waals surface area (Å²) in [7, 11) is 1.71. The van der Waals surface area contributed by atoms with Gasteiger partial charge in [0.05, 0.1) is 7.11 Å². The number of hydrogen-bond donors (Lipinski definition) is 1. The van der Waals surface area contributed by atoms with Gasteiger partial charge in [-0.25, -0.2) is 0 Å². The second-order valence-electron chi connectivity index (χ2n) is 5.87. The molecule has 1 rings (SSSR count). The van der Waals surface area contributed by atoms with E-state index in [0.29, 0.717) is 12.1 Å². The average Bonchev–Trinajstić information content (AvgIpc) is 2.50. The Morgan fingerprint density at radius 1 is 1.10 bits per heavy atom. The fraction of sp³-hybridized carbons (Fsp3) is 0.667. The van der Waals surface area contributed by atoms with Crippen molar-refractivity contribution >= 4 is 0 Å². The Morgan fingerprint density at radius 3 is 2.24 bits per heavy atom. The Kier molecular flexibility index (Phi) is 8.40. The van der Waals surface area contributed by atoms with Gasteiger partial charge in [0.15, 0.2) is 0 Å². The lowest BCUT2D eigenvalue weighted by Gasteiger charge is -2.31. The first kappa shape index (κ1) is 18.0. The van der Waals surface area contributed by atoms with Crippen LogP contribution in [-0.2, 0) is 0 Å². The molecule has 3 heteroatoms. The SMILES string of the molecule is CCCNC(CN(CCC)C(C)C)c1ccc(OC)cc1. The molecule has 1 aromatic carbocycles. The molecule has 0 spiro atoms. The second kappa shape index (κ2) is 9.80. The van der Waals surface area contributed by atoms with Crippen molar-refractivity contribution < 1.29 is 4.74 Å². The van der Waals surface area contributed by atoms with Crippen LogP contribution in [0.25, 0.3) is 0 Å². The Hall–Kier alpha value is -1.06. The van der Waals surface area contributed by atoms with Gasteiger partial charge in [0.1, 0.15) is 5.75 Å². The molecule has 0 bridgehead atoms. The van der Waals surface area contributed by atoms with Gasteiger partial charge in [-0.1, -0.05) is 26.0 Å². The van der Waals surface area contributed by atoms with Crippen molar-refractivity contribution in [1.82, 2.24) is 10.2 Å². The summed E-state index contributed by atoms with van der Waals surface area (Å²) in [6, 6.07) is 9.41. The van der Waals surface area contributed by atoms with E-state index in [1.807, 2.05) is 0 Å². The van der Waals surface area contributed by atoms with Crippen molar-refractivity contribution in [3.05, 3.63) is 29.8 Å². The van der Waals surface area contributed by atoms with Crippen molar-refractivity contribution in [2.45, 2.75) is 52.6 Å². The fourth-order valence-electron chi connectivity index (χ4n) is 2.52. The van der Waals surface area contributed by atoms with Gasteiger partial charge in [-0.05, 0) is 57.5 Å². The highest BCUT2D eigenvalue weighted by atomic mass is 16.5. The van der Waals surface area contributed by atoms with E-state index < -0.39 is 0 Å². The topological polar surface area (TPSA) is 24.5 Å². The number of methoxy groups -OCH3 is 1. The molecule has 1 aromatic rings. The molecule has 1 unspecified atom stereocenters. The molecule has 1 atom stereocenters. The zero-order valence-corrected chi connectivity index (χ0v) is 14.4. The maximum absolute atomic E-state index is 5.26. The number of benzene rings is 1. The molecule has 0 aliphatic rings. The van der Waals surface area contributed by atoms with Crippen molar-refractivity contribution in [2.24, 2.45) is 0 Å². The molecule has 21 heavy (non-hydrogen) atoms. The Morgan fingerprint density at radius 2 is 1.76 bits per heavy atom. The summed E-state index contributed by atoms with van der Waals surface area (Å²) in [6.07, 6.45) is 2.35. The van der Waals surface area contributed by atoms with Gasteiger partial charge >= 0.3 is 0 Å². The first-order chi connectivity index (χ1) is 10.1. The summed E-state index contributed by atoms with van der Waals surface area (Å²) in [5.41, 5.74) is 1.34. The van der Waals surface area contributed by atoms with Crippen LogP contribution in [0, 0.1) is 0 Å². The first-order valence-corrected chi connectivity index (χ1v) is 8.23. The number of hydrogen-bond acceptors (Lipinski definition) is 3. The lowest BCUT2D eigenvalue weighted by Crippen LogP contribution is -2.39. The highest BCUT2D eigenvalue weighted by Crippen LogP contribution is 2.20. The van der Waals surface area contributed by atoms with Crippen LogP contribution in [0.4, 0.5) is 0 Å². The van der Waals surface area contributed by atoms with Crippen LogP contribution in [0.15, 0.2) is 24.3 Å². The van der Waals surface area contributed by atoms with E-state index in [0.717, 1.165) is 31.8 Å². The number of ether oxygens (including phenoxy) is 1. The molecule has 120 valence electrons. The van der Waals surface area contributed by atoms with Crippen LogP contribution < -0.4 is 10.1 Å². The van der Waals surface area contributed by atoms with Gasteiger partial charge in [-0.2, -0.15) is 0 Å². The summed E-state index contributed by atoms with van der Waals surface area (Å²) >= 11 is 0. The van der Waals surface area contributed by atoms with Crippen molar-refractivity contribution in [1.29, 1.82) is 0 Å². The van der Waals surface area contributed by atoms with Gasteiger partial charge in [0, 0.05) is 18.6 Å². The van der Waals surface area contributed by atoms with Crippen LogP contribution in [0.3, 0.4) is 0 Å². The maximum atomic E-state index is 5.26. The molecule has 0 saturated heterocycles. The van der Waals surface area contributed by atoms with E-state index in [1.54, 1.807) is 7.11 Å². The Balaban J connectivity index is 2.81. The zero-order valence-electron chi connectivity index (χ0n) is 14.4.